The first kappa shape index (κ1) is 16.2. The van der Waals surface area contributed by atoms with Crippen LogP contribution in [0.5, 0.6) is 0 Å². The van der Waals surface area contributed by atoms with Gasteiger partial charge in [-0.3, -0.25) is 0 Å². The number of allylic oxidation sites excluding steroid dienone is 5. The lowest BCUT2D eigenvalue weighted by molar-refractivity contribution is 0.425. The van der Waals surface area contributed by atoms with Gasteiger partial charge in [-0.1, -0.05) is 38.7 Å². The molecule has 0 saturated heterocycles. The Morgan fingerprint density at radius 3 is 1.67 bits per heavy atom. The summed E-state index contributed by atoms with van der Waals surface area (Å²) in [5, 5.41) is 9.14. The molecule has 0 heterocycles. The van der Waals surface area contributed by atoms with E-state index in [0.29, 0.717) is 0 Å². The van der Waals surface area contributed by atoms with E-state index in [2.05, 4.69) is 13.2 Å². The van der Waals surface area contributed by atoms with Crippen LogP contribution in [0.3, 0.4) is 0 Å². The van der Waals surface area contributed by atoms with Gasteiger partial charge in [-0.2, -0.15) is 0 Å². The largest absolute Gasteiger partial charge is 0.508 e. The van der Waals surface area contributed by atoms with Gasteiger partial charge in [0.1, 0.15) is 5.76 Å². The van der Waals surface area contributed by atoms with E-state index in [1.165, 1.54) is 0 Å². The molecule has 0 fully saturated rings. The zero-order valence-electron chi connectivity index (χ0n) is 10.9. The van der Waals surface area contributed by atoms with Crippen LogP contribution in [0.15, 0.2) is 47.3 Å². The Kier molecular flexibility index (Phi) is 8.75. The third-order valence-corrected chi connectivity index (χ3v) is 2.13. The summed E-state index contributed by atoms with van der Waals surface area (Å²) >= 11 is 0. The van der Waals surface area contributed by atoms with Gasteiger partial charge in [0.15, 0.2) is 0 Å². The smallest absolute Gasteiger partial charge is 0.111 e. The maximum absolute atomic E-state index is 9.14. The molecule has 0 rings (SSSR count). The highest BCUT2D eigenvalue weighted by Crippen LogP contribution is 2.15. The van der Waals surface area contributed by atoms with Crippen LogP contribution in [0.1, 0.15) is 41.5 Å². The van der Waals surface area contributed by atoms with Crippen LogP contribution < -0.4 is 0 Å². The molecule has 0 radical (unpaired) electrons. The summed E-state index contributed by atoms with van der Waals surface area (Å²) in [6, 6.07) is 0. The second-order valence-electron chi connectivity index (χ2n) is 3.36. The lowest BCUT2D eigenvalue weighted by atomic mass is 10.0. The Balaban J connectivity index is 0. The van der Waals surface area contributed by atoms with E-state index in [-0.39, 0.29) is 5.76 Å². The van der Waals surface area contributed by atoms with Crippen molar-refractivity contribution in [1.29, 1.82) is 0 Å². The van der Waals surface area contributed by atoms with Crippen molar-refractivity contribution in [2.45, 2.75) is 41.5 Å². The maximum Gasteiger partial charge on any atom is 0.111 e. The fourth-order valence-electron chi connectivity index (χ4n) is 0.784. The summed E-state index contributed by atoms with van der Waals surface area (Å²) in [6.45, 7) is 19.1. The predicted octanol–water partition coefficient (Wildman–Crippen LogP) is 4.94. The molecule has 1 nitrogen and oxygen atoms in total. The van der Waals surface area contributed by atoms with Crippen molar-refractivity contribution in [1.82, 2.24) is 0 Å². The molecule has 0 aliphatic heterocycles. The van der Waals surface area contributed by atoms with Crippen molar-refractivity contribution < 1.29 is 5.11 Å². The molecule has 0 aliphatic carbocycles. The van der Waals surface area contributed by atoms with Gasteiger partial charge < -0.3 is 5.11 Å². The van der Waals surface area contributed by atoms with Gasteiger partial charge in [0, 0.05) is 0 Å². The number of rotatable bonds is 3. The van der Waals surface area contributed by atoms with Crippen molar-refractivity contribution in [3.63, 3.8) is 0 Å². The molecule has 0 unspecified atom stereocenters. The topological polar surface area (TPSA) is 20.2 Å². The fourth-order valence-corrected chi connectivity index (χ4v) is 0.784. The third-order valence-electron chi connectivity index (χ3n) is 2.13. The van der Waals surface area contributed by atoms with Crippen LogP contribution in [0.25, 0.3) is 0 Å². The molecule has 0 atom stereocenters. The number of aliphatic hydroxyl groups excluding tert-OH is 1. The van der Waals surface area contributed by atoms with E-state index in [1.807, 2.05) is 47.6 Å². The Labute approximate surface area is 94.5 Å². The predicted molar refractivity (Wildman–Crippen MR) is 70.1 cm³/mol. The average molecular weight is 208 g/mol. The van der Waals surface area contributed by atoms with Gasteiger partial charge in [0.25, 0.3) is 0 Å². The van der Waals surface area contributed by atoms with Gasteiger partial charge in [-0.25, -0.2) is 0 Å². The molecule has 0 aromatic carbocycles. The van der Waals surface area contributed by atoms with Crippen LogP contribution in [0.4, 0.5) is 0 Å². The van der Waals surface area contributed by atoms with Gasteiger partial charge in [-0.15, -0.1) is 0 Å². The summed E-state index contributed by atoms with van der Waals surface area (Å²) in [6.07, 6.45) is 2.00. The van der Waals surface area contributed by atoms with Crippen LogP contribution >= 0.6 is 0 Å². The van der Waals surface area contributed by atoms with Crippen LogP contribution in [0, 0.1) is 0 Å². The number of hydrogen-bond acceptors (Lipinski definition) is 1. The monoisotopic (exact) mass is 208 g/mol. The number of hydrogen-bond donors (Lipinski definition) is 1. The molecule has 15 heavy (non-hydrogen) atoms. The first-order chi connectivity index (χ1) is 6.86. The highest BCUT2D eigenvalue weighted by atomic mass is 16.3. The van der Waals surface area contributed by atoms with E-state index in [0.717, 1.165) is 22.3 Å². The summed E-state index contributed by atoms with van der Waals surface area (Å²) in [7, 11) is 0. The van der Waals surface area contributed by atoms with Gasteiger partial charge in [0.05, 0.1) is 0 Å². The molecule has 1 N–H and O–H groups in total. The van der Waals surface area contributed by atoms with Crippen molar-refractivity contribution in [2.24, 2.45) is 0 Å². The SMILES string of the molecule is C=C(C)/C(C)=C/C(C)=C(\C)C(=C)O.CC. The molecule has 0 spiro atoms. The second-order valence-corrected chi connectivity index (χ2v) is 3.36. The Bertz CT molecular complexity index is 290. The first-order valence-corrected chi connectivity index (χ1v) is 5.26. The zero-order valence-corrected chi connectivity index (χ0v) is 10.9. The van der Waals surface area contributed by atoms with Crippen molar-refractivity contribution in [3.8, 4) is 0 Å². The lowest BCUT2D eigenvalue weighted by Crippen LogP contribution is -1.86. The van der Waals surface area contributed by atoms with Gasteiger partial charge in [0.2, 0.25) is 0 Å². The van der Waals surface area contributed by atoms with Crippen LogP contribution in [-0.4, -0.2) is 5.11 Å². The van der Waals surface area contributed by atoms with Crippen LogP contribution in [0.2, 0.25) is 0 Å². The highest BCUT2D eigenvalue weighted by Gasteiger charge is 1.98. The minimum atomic E-state index is 0.128. The Hall–Kier alpha value is -1.24. The van der Waals surface area contributed by atoms with Crippen LogP contribution in [-0.2, 0) is 0 Å². The molecule has 1 heteroatoms. The van der Waals surface area contributed by atoms with E-state index in [4.69, 9.17) is 5.11 Å². The molecule has 0 aromatic heterocycles. The summed E-state index contributed by atoms with van der Waals surface area (Å²) < 4.78 is 0. The quantitative estimate of drug-likeness (QED) is 0.514. The van der Waals surface area contributed by atoms with E-state index in [9.17, 15) is 0 Å². The third kappa shape index (κ3) is 6.78. The zero-order chi connectivity index (χ0) is 12.6. The molecule has 0 amide bonds. The summed E-state index contributed by atoms with van der Waals surface area (Å²) in [5.74, 6) is 0.128. The van der Waals surface area contributed by atoms with E-state index >= 15 is 0 Å². The maximum atomic E-state index is 9.14. The van der Waals surface area contributed by atoms with Gasteiger partial charge >= 0.3 is 0 Å². The minimum absolute atomic E-state index is 0.128. The normalized spacial score (nSPS) is 12.3. The van der Waals surface area contributed by atoms with E-state index in [1.54, 1.807) is 0 Å². The highest BCUT2D eigenvalue weighted by molar-refractivity contribution is 5.38. The Morgan fingerprint density at radius 1 is 1.00 bits per heavy atom. The van der Waals surface area contributed by atoms with Crippen molar-refractivity contribution in [3.05, 3.63) is 47.3 Å². The van der Waals surface area contributed by atoms with Crippen molar-refractivity contribution in [2.75, 3.05) is 0 Å². The molecule has 0 saturated carbocycles. The van der Waals surface area contributed by atoms with Crippen molar-refractivity contribution >= 4 is 0 Å². The standard InChI is InChI=1S/C12H18O.C2H6/c1-8(2)9(3)7-10(4)11(5)12(6)13;1-2/h7,13H,1,6H2,2-5H3;1-2H3/b9-7+,11-10+;. The fraction of sp³-hybridized carbons (Fsp3) is 0.429. The summed E-state index contributed by atoms with van der Waals surface area (Å²) in [5.41, 5.74) is 4.00. The number of aliphatic hydroxyl groups is 1. The molecule has 0 bridgehead atoms. The molecule has 0 aliphatic rings. The van der Waals surface area contributed by atoms with E-state index < -0.39 is 0 Å². The van der Waals surface area contributed by atoms with Gasteiger partial charge in [-0.05, 0) is 44.4 Å². The molecular weight excluding hydrogens is 184 g/mol. The minimum Gasteiger partial charge on any atom is -0.508 e. The molecule has 86 valence electrons. The summed E-state index contributed by atoms with van der Waals surface area (Å²) in [4.78, 5) is 0. The Morgan fingerprint density at radius 2 is 1.40 bits per heavy atom. The lowest BCUT2D eigenvalue weighted by Gasteiger charge is -2.04. The molecule has 0 aromatic rings. The second kappa shape index (κ2) is 8.10. The molecular formula is C14H24O. The average Bonchev–Trinajstić information content (AvgIpc) is 2.19. The first-order valence-electron chi connectivity index (χ1n) is 5.26.